The van der Waals surface area contributed by atoms with Crippen LogP contribution >= 0.6 is 0 Å². The summed E-state index contributed by atoms with van der Waals surface area (Å²) in [6.45, 7) is 15.0. The molecule has 0 bridgehead atoms. The molecule has 59 heavy (non-hydrogen) atoms. The van der Waals surface area contributed by atoms with Crippen molar-refractivity contribution in [3.05, 3.63) is 95.6 Å². The Morgan fingerprint density at radius 1 is 0.814 bits per heavy atom. The smallest absolute Gasteiger partial charge is 0.313 e. The molecule has 0 saturated heterocycles. The van der Waals surface area contributed by atoms with Gasteiger partial charge in [0.25, 0.3) is 0 Å². The van der Waals surface area contributed by atoms with E-state index in [9.17, 15) is 14.4 Å². The average Bonchev–Trinajstić information content (AvgIpc) is 3.66. The summed E-state index contributed by atoms with van der Waals surface area (Å²) in [5.74, 6) is -0.0449. The van der Waals surface area contributed by atoms with Crippen LogP contribution < -0.4 is 0 Å². The van der Waals surface area contributed by atoms with Gasteiger partial charge < -0.3 is 9.47 Å². The fourth-order valence-electron chi connectivity index (χ4n) is 13.5. The maximum absolute atomic E-state index is 14.5. The van der Waals surface area contributed by atoms with Gasteiger partial charge in [-0.15, -0.1) is 5.10 Å². The number of benzene rings is 2. The van der Waals surface area contributed by atoms with Crippen molar-refractivity contribution < 1.29 is 23.9 Å². The Morgan fingerprint density at radius 3 is 2.37 bits per heavy atom. The maximum atomic E-state index is 14.5. The number of allylic oxidation sites excluding steroid dienone is 2. The van der Waals surface area contributed by atoms with Gasteiger partial charge >= 0.3 is 11.9 Å². The van der Waals surface area contributed by atoms with E-state index in [1.165, 1.54) is 10.3 Å². The molecule has 10 nitrogen and oxygen atoms in total. The molecule has 0 radical (unpaired) electrons. The first-order valence-corrected chi connectivity index (χ1v) is 21.9. The van der Waals surface area contributed by atoms with E-state index in [-0.39, 0.29) is 64.8 Å². The van der Waals surface area contributed by atoms with Crippen LogP contribution in [0.5, 0.6) is 0 Å². The highest BCUT2D eigenvalue weighted by Crippen LogP contribution is 2.75. The third-order valence-corrected chi connectivity index (χ3v) is 16.8. The molecule has 0 aliphatic heterocycles. The SMILES string of the molecule is CC1(C)CC[C@]2(C(=O)OCc3ccccc3)CC[C@]3(C)C(=CC[C@@H]4[C@@]5(C)Cc6nccnc6[C@@](C)(COC(=O)CCC(=O)n6nnc7ccccc76)[C@@H]5CC[C@]43C)[C@@H]2C1. The van der Waals surface area contributed by atoms with Crippen LogP contribution in [0.4, 0.5) is 0 Å². The molecule has 0 N–H and O–H groups in total. The van der Waals surface area contributed by atoms with Crippen molar-refractivity contribution in [1.29, 1.82) is 0 Å². The van der Waals surface area contributed by atoms with E-state index in [0.29, 0.717) is 23.6 Å². The summed E-state index contributed by atoms with van der Waals surface area (Å²) in [6.07, 6.45) is 14.5. The minimum atomic E-state index is -0.567. The number of fused-ring (bicyclic) bond motifs is 9. The average molecular weight is 798 g/mol. The second-order valence-electron chi connectivity index (χ2n) is 20.4. The van der Waals surface area contributed by atoms with Crippen molar-refractivity contribution in [2.24, 2.45) is 44.8 Å². The van der Waals surface area contributed by atoms with E-state index in [1.807, 2.05) is 42.5 Å². The van der Waals surface area contributed by atoms with Gasteiger partial charge in [-0.2, -0.15) is 4.68 Å². The fraction of sp³-hybridized carbons (Fsp3) is 0.571. The molecule has 2 aromatic heterocycles. The number of hydrogen-bond acceptors (Lipinski definition) is 9. The lowest BCUT2D eigenvalue weighted by Crippen LogP contribution is -2.65. The Bertz CT molecular complexity index is 2340. The van der Waals surface area contributed by atoms with Gasteiger partial charge in [0.1, 0.15) is 18.7 Å². The van der Waals surface area contributed by atoms with Crippen LogP contribution in [0.1, 0.15) is 127 Å². The van der Waals surface area contributed by atoms with Gasteiger partial charge in [-0.25, -0.2) is 0 Å². The summed E-state index contributed by atoms with van der Waals surface area (Å²) in [4.78, 5) is 50.9. The molecule has 8 atom stereocenters. The lowest BCUT2D eigenvalue weighted by atomic mass is 9.33. The monoisotopic (exact) mass is 797 g/mol. The number of para-hydroxylation sites is 1. The zero-order chi connectivity index (χ0) is 41.4. The van der Waals surface area contributed by atoms with Gasteiger partial charge in [0.15, 0.2) is 0 Å². The van der Waals surface area contributed by atoms with Crippen LogP contribution in [0.3, 0.4) is 0 Å². The first kappa shape index (κ1) is 39.7. The second-order valence-corrected chi connectivity index (χ2v) is 20.4. The molecule has 4 aromatic rings. The van der Waals surface area contributed by atoms with Gasteiger partial charge in [0, 0.05) is 24.2 Å². The van der Waals surface area contributed by atoms with E-state index < -0.39 is 16.8 Å². The summed E-state index contributed by atoms with van der Waals surface area (Å²) >= 11 is 0. The lowest BCUT2D eigenvalue weighted by molar-refractivity contribution is -0.185. The maximum Gasteiger partial charge on any atom is 0.313 e. The van der Waals surface area contributed by atoms with Crippen molar-refractivity contribution in [1.82, 2.24) is 25.0 Å². The van der Waals surface area contributed by atoms with Crippen molar-refractivity contribution in [3.63, 3.8) is 0 Å². The molecule has 10 heteroatoms. The quantitative estimate of drug-likeness (QED) is 0.127. The second kappa shape index (κ2) is 14.2. The molecule has 0 unspecified atom stereocenters. The number of ether oxygens (including phenoxy) is 2. The Labute approximate surface area is 347 Å². The van der Waals surface area contributed by atoms with Crippen LogP contribution in [0.2, 0.25) is 0 Å². The minimum absolute atomic E-state index is 0.0169. The number of carbonyl (C=O) groups is 3. The third-order valence-electron chi connectivity index (χ3n) is 16.8. The number of hydrogen-bond donors (Lipinski definition) is 0. The van der Waals surface area contributed by atoms with Crippen LogP contribution in [0.15, 0.2) is 78.6 Å². The number of nitrogens with zero attached hydrogens (tertiary/aromatic N) is 5. The summed E-state index contributed by atoms with van der Waals surface area (Å²) in [5, 5.41) is 8.12. The van der Waals surface area contributed by atoms with Gasteiger partial charge in [-0.3, -0.25) is 24.4 Å². The topological polar surface area (TPSA) is 126 Å². The molecule has 3 saturated carbocycles. The summed E-state index contributed by atoms with van der Waals surface area (Å²) in [7, 11) is 0. The first-order chi connectivity index (χ1) is 28.1. The van der Waals surface area contributed by atoms with E-state index in [2.05, 4.69) is 57.9 Å². The zero-order valence-electron chi connectivity index (χ0n) is 35.6. The Kier molecular flexibility index (Phi) is 9.55. The number of rotatable bonds is 8. The molecule has 310 valence electrons. The standard InChI is InChI=1S/C49H59N5O5/c1-44(2)22-24-49(43(57)58-30-32-12-8-7-9-13-32)25-23-47(5)33(34(49)28-44)16-17-39-45(3)29-36-42(51-27-26-50-36)46(4,38(45)20-21-48(39,47)6)31-59-41(56)19-18-40(55)54-37-15-11-10-14-35(37)52-53-54/h7-16,26-27,34,38-39H,17-25,28-31H2,1-6H3/t34-,38+,39+,45-,46-,47+,48+,49-/m0/s1. The molecular weight excluding hydrogens is 739 g/mol. The first-order valence-electron chi connectivity index (χ1n) is 21.9. The highest BCUT2D eigenvalue weighted by atomic mass is 16.5. The molecule has 9 rings (SSSR count). The molecule has 2 heterocycles. The van der Waals surface area contributed by atoms with Crippen LogP contribution in [-0.4, -0.2) is 49.4 Å². The predicted molar refractivity (Wildman–Crippen MR) is 224 cm³/mol. The Morgan fingerprint density at radius 2 is 1.56 bits per heavy atom. The van der Waals surface area contributed by atoms with Gasteiger partial charge in [-0.1, -0.05) is 101 Å². The van der Waals surface area contributed by atoms with E-state index in [0.717, 1.165) is 74.7 Å². The molecule has 0 amide bonds. The normalized spacial score (nSPS) is 34.2. The van der Waals surface area contributed by atoms with Crippen molar-refractivity contribution in [3.8, 4) is 0 Å². The van der Waals surface area contributed by atoms with Crippen LogP contribution in [-0.2, 0) is 37.5 Å². The van der Waals surface area contributed by atoms with Gasteiger partial charge in [0.2, 0.25) is 5.91 Å². The molecule has 0 spiro atoms. The molecule has 5 aliphatic rings. The van der Waals surface area contributed by atoms with Crippen molar-refractivity contribution >= 4 is 28.9 Å². The number of carbonyl (C=O) groups excluding carboxylic acids is 3. The lowest BCUT2D eigenvalue weighted by Gasteiger charge is -2.70. The summed E-state index contributed by atoms with van der Waals surface area (Å²) in [6, 6.07) is 17.3. The molecule has 5 aliphatic carbocycles. The Hall–Kier alpha value is -4.73. The van der Waals surface area contributed by atoms with Gasteiger partial charge in [-0.05, 0) is 115 Å². The summed E-state index contributed by atoms with van der Waals surface area (Å²) in [5.41, 5.74) is 4.48. The van der Waals surface area contributed by atoms with Crippen molar-refractivity contribution in [2.45, 2.75) is 124 Å². The van der Waals surface area contributed by atoms with E-state index >= 15 is 0 Å². The van der Waals surface area contributed by atoms with Gasteiger partial charge in [0.05, 0.1) is 28.7 Å². The highest BCUT2D eigenvalue weighted by molar-refractivity contribution is 5.90. The third kappa shape index (κ3) is 6.20. The summed E-state index contributed by atoms with van der Waals surface area (Å²) < 4.78 is 13.7. The van der Waals surface area contributed by atoms with Crippen molar-refractivity contribution in [2.75, 3.05) is 6.61 Å². The molecule has 3 fully saturated rings. The Balaban J connectivity index is 0.983. The molecular formula is C49H59N5O5. The largest absolute Gasteiger partial charge is 0.465 e. The fourth-order valence-corrected chi connectivity index (χ4v) is 13.5. The number of aromatic nitrogens is 5. The van der Waals surface area contributed by atoms with E-state index in [1.54, 1.807) is 24.5 Å². The molecule has 2 aromatic carbocycles. The van der Waals surface area contributed by atoms with Crippen LogP contribution in [0.25, 0.3) is 11.0 Å². The minimum Gasteiger partial charge on any atom is -0.465 e. The zero-order valence-corrected chi connectivity index (χ0v) is 35.6. The highest BCUT2D eigenvalue weighted by Gasteiger charge is 2.70. The predicted octanol–water partition coefficient (Wildman–Crippen LogP) is 9.42. The van der Waals surface area contributed by atoms with E-state index in [4.69, 9.17) is 19.4 Å². The van der Waals surface area contributed by atoms with Crippen LogP contribution in [0, 0.1) is 44.8 Å². The number of esters is 2.